The highest BCUT2D eigenvalue weighted by molar-refractivity contribution is 8.18. The molecule has 0 unspecified atom stereocenters. The van der Waals surface area contributed by atoms with Gasteiger partial charge in [-0.15, -0.1) is 0 Å². The summed E-state index contributed by atoms with van der Waals surface area (Å²) in [5.41, 5.74) is 2.54. The lowest BCUT2D eigenvalue weighted by Gasteiger charge is -2.14. The van der Waals surface area contributed by atoms with Crippen molar-refractivity contribution in [3.63, 3.8) is 0 Å². The highest BCUT2D eigenvalue weighted by atomic mass is 35.5. The van der Waals surface area contributed by atoms with Crippen molar-refractivity contribution in [1.29, 1.82) is 0 Å². The van der Waals surface area contributed by atoms with Crippen LogP contribution >= 0.6 is 35.0 Å². The number of hydrogen-bond donors (Lipinski definition) is 1. The molecule has 1 amide bonds. The summed E-state index contributed by atoms with van der Waals surface area (Å²) in [6.45, 7) is 1.86. The lowest BCUT2D eigenvalue weighted by Crippen LogP contribution is -2.19. The van der Waals surface area contributed by atoms with E-state index in [2.05, 4.69) is 10.3 Å². The molecule has 3 aromatic carbocycles. The summed E-state index contributed by atoms with van der Waals surface area (Å²) in [5, 5.41) is 4.08. The minimum atomic E-state index is -0.367. The molecule has 9 heteroatoms. The second kappa shape index (κ2) is 10.5. The van der Waals surface area contributed by atoms with Crippen molar-refractivity contribution in [3.05, 3.63) is 92.1 Å². The molecule has 1 fully saturated rings. The molecule has 0 spiro atoms. The van der Waals surface area contributed by atoms with E-state index in [1.54, 1.807) is 48.5 Å². The molecule has 1 saturated heterocycles. The first-order valence-electron chi connectivity index (χ1n) is 10.1. The Morgan fingerprint density at radius 1 is 1.12 bits per heavy atom. The van der Waals surface area contributed by atoms with Gasteiger partial charge < -0.3 is 14.8 Å². The molecule has 34 heavy (non-hydrogen) atoms. The molecule has 3 aromatic rings. The maximum absolute atomic E-state index is 13.9. The van der Waals surface area contributed by atoms with Crippen molar-refractivity contribution in [1.82, 2.24) is 5.32 Å². The highest BCUT2D eigenvalue weighted by Crippen LogP contribution is 2.39. The van der Waals surface area contributed by atoms with Gasteiger partial charge in [0.25, 0.3) is 5.91 Å². The number of ether oxygens (including phenoxy) is 2. The number of aliphatic imine (C=N–C) groups is 1. The molecule has 1 N–H and O–H groups in total. The molecular formula is C25H19Cl2FN2O3S. The number of nitrogens with zero attached hydrogens (tertiary/aromatic N) is 1. The molecule has 0 aliphatic carbocycles. The summed E-state index contributed by atoms with van der Waals surface area (Å²) < 4.78 is 25.1. The summed E-state index contributed by atoms with van der Waals surface area (Å²) in [6, 6.07) is 15.1. The van der Waals surface area contributed by atoms with Crippen molar-refractivity contribution >= 4 is 57.8 Å². The van der Waals surface area contributed by atoms with Crippen LogP contribution in [-0.4, -0.2) is 18.2 Å². The van der Waals surface area contributed by atoms with Crippen LogP contribution in [0.3, 0.4) is 0 Å². The third kappa shape index (κ3) is 5.38. The van der Waals surface area contributed by atoms with Gasteiger partial charge in [-0.05, 0) is 66.2 Å². The summed E-state index contributed by atoms with van der Waals surface area (Å²) in [7, 11) is 1.48. The average Bonchev–Trinajstić information content (AvgIpc) is 3.15. The van der Waals surface area contributed by atoms with Crippen molar-refractivity contribution in [2.24, 2.45) is 4.99 Å². The van der Waals surface area contributed by atoms with Gasteiger partial charge in [0.1, 0.15) is 12.4 Å². The summed E-state index contributed by atoms with van der Waals surface area (Å²) >= 11 is 13.8. The van der Waals surface area contributed by atoms with E-state index < -0.39 is 0 Å². The topological polar surface area (TPSA) is 59.9 Å². The number of amidine groups is 1. The van der Waals surface area contributed by atoms with Crippen LogP contribution in [0.1, 0.15) is 16.7 Å². The number of hydrogen-bond acceptors (Lipinski definition) is 5. The third-order valence-corrected chi connectivity index (χ3v) is 6.59. The smallest absolute Gasteiger partial charge is 0.264 e. The monoisotopic (exact) mass is 516 g/mol. The van der Waals surface area contributed by atoms with Gasteiger partial charge in [-0.25, -0.2) is 9.38 Å². The molecule has 5 nitrogen and oxygen atoms in total. The first kappa shape index (κ1) is 24.1. The maximum atomic E-state index is 13.9. The van der Waals surface area contributed by atoms with Gasteiger partial charge in [-0.1, -0.05) is 47.5 Å². The van der Waals surface area contributed by atoms with Crippen LogP contribution in [-0.2, 0) is 11.4 Å². The normalized spacial score (nSPS) is 15.6. The largest absolute Gasteiger partial charge is 0.493 e. The van der Waals surface area contributed by atoms with Gasteiger partial charge in [0.05, 0.1) is 22.7 Å². The fraction of sp³-hybridized carbons (Fsp3) is 0.120. The minimum Gasteiger partial charge on any atom is -0.493 e. The van der Waals surface area contributed by atoms with Crippen LogP contribution in [0.25, 0.3) is 6.08 Å². The zero-order chi connectivity index (χ0) is 24.2. The van der Waals surface area contributed by atoms with E-state index in [9.17, 15) is 9.18 Å². The Labute approximate surface area is 210 Å². The van der Waals surface area contributed by atoms with Crippen LogP contribution in [0.4, 0.5) is 10.1 Å². The van der Waals surface area contributed by atoms with Crippen molar-refractivity contribution in [2.75, 3.05) is 7.11 Å². The lowest BCUT2D eigenvalue weighted by atomic mass is 10.1. The molecule has 4 rings (SSSR count). The van der Waals surface area contributed by atoms with Gasteiger partial charge in [-0.3, -0.25) is 4.79 Å². The highest BCUT2D eigenvalue weighted by Gasteiger charge is 2.24. The van der Waals surface area contributed by atoms with Crippen LogP contribution in [0.15, 0.2) is 64.5 Å². The molecule has 0 aromatic heterocycles. The molecule has 0 atom stereocenters. The van der Waals surface area contributed by atoms with Crippen LogP contribution in [0.5, 0.6) is 11.5 Å². The Bertz CT molecular complexity index is 1330. The Morgan fingerprint density at radius 3 is 2.68 bits per heavy atom. The van der Waals surface area contributed by atoms with E-state index in [1.807, 2.05) is 13.0 Å². The van der Waals surface area contributed by atoms with Crippen LogP contribution in [0.2, 0.25) is 10.0 Å². The van der Waals surface area contributed by atoms with Crippen molar-refractivity contribution in [3.8, 4) is 11.5 Å². The quantitative estimate of drug-likeness (QED) is 0.361. The lowest BCUT2D eigenvalue weighted by molar-refractivity contribution is -0.115. The molecule has 0 saturated carbocycles. The number of nitrogens with one attached hydrogen (secondary N) is 1. The van der Waals surface area contributed by atoms with Crippen LogP contribution < -0.4 is 14.8 Å². The number of amides is 1. The fourth-order valence-corrected chi connectivity index (χ4v) is 4.47. The third-order valence-electron chi connectivity index (χ3n) is 4.99. The minimum absolute atomic E-state index is 0.00973. The molecule has 1 aliphatic rings. The van der Waals surface area contributed by atoms with Gasteiger partial charge in [-0.2, -0.15) is 0 Å². The summed E-state index contributed by atoms with van der Waals surface area (Å²) in [4.78, 5) is 17.4. The molecule has 1 aliphatic heterocycles. The van der Waals surface area contributed by atoms with E-state index >= 15 is 0 Å². The number of carbonyl (C=O) groups excluding carboxylic acids is 1. The SMILES string of the molecule is COc1cc(/C=C2/SC(=Nc3cccc(Cl)c3C)NC2=O)cc(Cl)c1OCc1ccccc1F. The Balaban J connectivity index is 1.56. The summed E-state index contributed by atoms with van der Waals surface area (Å²) in [6.07, 6.45) is 1.68. The Kier molecular flexibility index (Phi) is 7.46. The molecular weight excluding hydrogens is 498 g/mol. The zero-order valence-corrected chi connectivity index (χ0v) is 20.5. The van der Waals surface area contributed by atoms with E-state index in [0.29, 0.717) is 37.7 Å². The van der Waals surface area contributed by atoms with Gasteiger partial charge in [0.15, 0.2) is 16.7 Å². The molecule has 174 valence electrons. The standard InChI is InChI=1S/C25H19Cl2FN2O3S/c1-14-17(26)7-5-9-20(14)29-25-30-24(31)22(34-25)12-15-10-18(27)23(21(11-15)32-2)33-13-16-6-3-4-8-19(16)28/h3-12H,13H2,1-2H3,(H,29,30,31)/b22-12+. The predicted molar refractivity (Wildman–Crippen MR) is 136 cm³/mol. The molecule has 0 bridgehead atoms. The van der Waals surface area contributed by atoms with Gasteiger partial charge in [0.2, 0.25) is 0 Å². The first-order chi connectivity index (χ1) is 16.4. The Morgan fingerprint density at radius 2 is 1.91 bits per heavy atom. The Hall–Kier alpha value is -3.00. The fourth-order valence-electron chi connectivity index (χ4n) is 3.19. The van der Waals surface area contributed by atoms with E-state index in [0.717, 1.165) is 5.56 Å². The average molecular weight is 517 g/mol. The number of methoxy groups -OCH3 is 1. The van der Waals surface area contributed by atoms with E-state index in [1.165, 1.54) is 24.9 Å². The zero-order valence-electron chi connectivity index (χ0n) is 18.2. The van der Waals surface area contributed by atoms with E-state index in [4.69, 9.17) is 32.7 Å². The molecule has 1 heterocycles. The number of thioether (sulfide) groups is 1. The second-order valence-corrected chi connectivity index (χ2v) is 9.12. The van der Waals surface area contributed by atoms with Crippen molar-refractivity contribution < 1.29 is 18.7 Å². The predicted octanol–water partition coefficient (Wildman–Crippen LogP) is 6.92. The number of benzene rings is 3. The maximum Gasteiger partial charge on any atom is 0.264 e. The number of halogens is 3. The van der Waals surface area contributed by atoms with Gasteiger partial charge >= 0.3 is 0 Å². The van der Waals surface area contributed by atoms with Crippen molar-refractivity contribution in [2.45, 2.75) is 13.5 Å². The molecule has 0 radical (unpaired) electrons. The summed E-state index contributed by atoms with van der Waals surface area (Å²) in [5.74, 6) is 0.00589. The van der Waals surface area contributed by atoms with Crippen LogP contribution in [0, 0.1) is 12.7 Å². The number of carbonyl (C=O) groups is 1. The second-order valence-electron chi connectivity index (χ2n) is 7.28. The first-order valence-corrected chi connectivity index (χ1v) is 11.7. The van der Waals surface area contributed by atoms with E-state index in [-0.39, 0.29) is 29.1 Å². The van der Waals surface area contributed by atoms with Gasteiger partial charge in [0, 0.05) is 10.6 Å². The number of rotatable bonds is 6.